The van der Waals surface area contributed by atoms with Crippen LogP contribution in [-0.4, -0.2) is 55.5 Å². The highest BCUT2D eigenvalue weighted by atomic mass is 35.5. The van der Waals surface area contributed by atoms with Gasteiger partial charge < -0.3 is 14.4 Å². The summed E-state index contributed by atoms with van der Waals surface area (Å²) in [5, 5.41) is 0.569. The van der Waals surface area contributed by atoms with Crippen molar-refractivity contribution >= 4 is 17.5 Å². The van der Waals surface area contributed by atoms with Crippen molar-refractivity contribution in [3.8, 4) is 5.75 Å². The zero-order valence-corrected chi connectivity index (χ0v) is 20.5. The third-order valence-corrected chi connectivity index (χ3v) is 6.47. The van der Waals surface area contributed by atoms with Gasteiger partial charge >= 0.3 is 0 Å². The number of nitrogens with zero attached hydrogens (tertiary/aromatic N) is 2. The summed E-state index contributed by atoms with van der Waals surface area (Å²) in [6.07, 6.45) is -0.473. The molecule has 3 aromatic rings. The fraction of sp³-hybridized carbons (Fsp3) is 0.296. The Morgan fingerprint density at radius 2 is 1.61 bits per heavy atom. The molecule has 3 aromatic carbocycles. The monoisotopic (exact) mass is 518 g/mol. The van der Waals surface area contributed by atoms with E-state index in [2.05, 4.69) is 4.90 Å². The van der Waals surface area contributed by atoms with Crippen LogP contribution in [0.4, 0.5) is 13.2 Å². The van der Waals surface area contributed by atoms with Crippen LogP contribution >= 0.6 is 11.6 Å². The Kier molecular flexibility index (Phi) is 8.51. The molecule has 9 heteroatoms. The topological polar surface area (TPSA) is 42.0 Å². The van der Waals surface area contributed by atoms with Crippen LogP contribution in [-0.2, 0) is 11.3 Å². The van der Waals surface area contributed by atoms with Gasteiger partial charge in [-0.2, -0.15) is 0 Å². The normalized spacial score (nSPS) is 15.1. The van der Waals surface area contributed by atoms with Crippen molar-refractivity contribution in [3.63, 3.8) is 0 Å². The number of ether oxygens (including phenoxy) is 2. The summed E-state index contributed by atoms with van der Waals surface area (Å²) < 4.78 is 53.2. The molecule has 0 aliphatic carbocycles. The summed E-state index contributed by atoms with van der Waals surface area (Å²) in [7, 11) is 1.37. The second-order valence-electron chi connectivity index (χ2n) is 8.49. The van der Waals surface area contributed by atoms with Crippen LogP contribution in [0, 0.1) is 17.5 Å². The summed E-state index contributed by atoms with van der Waals surface area (Å²) in [5.74, 6) is -2.08. The minimum absolute atomic E-state index is 0.0832. The zero-order valence-electron chi connectivity index (χ0n) is 19.7. The molecule has 0 aromatic heterocycles. The van der Waals surface area contributed by atoms with Gasteiger partial charge in [-0.1, -0.05) is 29.8 Å². The largest absolute Gasteiger partial charge is 0.494 e. The first kappa shape index (κ1) is 26.0. The molecule has 1 fully saturated rings. The molecular formula is C27H26ClF3N2O3. The maximum Gasteiger partial charge on any atom is 0.254 e. The summed E-state index contributed by atoms with van der Waals surface area (Å²) in [4.78, 5) is 16.6. The molecule has 1 amide bonds. The lowest BCUT2D eigenvalue weighted by Gasteiger charge is -2.36. The van der Waals surface area contributed by atoms with Crippen molar-refractivity contribution in [3.05, 3.63) is 99.8 Å². The summed E-state index contributed by atoms with van der Waals surface area (Å²) in [6.45, 7) is 2.24. The van der Waals surface area contributed by atoms with E-state index in [9.17, 15) is 18.0 Å². The van der Waals surface area contributed by atoms with Crippen LogP contribution in [0.2, 0.25) is 5.02 Å². The van der Waals surface area contributed by atoms with E-state index < -0.39 is 23.6 Å². The quantitative estimate of drug-likeness (QED) is 0.396. The lowest BCUT2D eigenvalue weighted by molar-refractivity contribution is 0.00144. The molecule has 0 radical (unpaired) electrons. The van der Waals surface area contributed by atoms with Gasteiger partial charge in [0, 0.05) is 48.9 Å². The maximum atomic E-state index is 14.1. The molecule has 1 atom stereocenters. The third kappa shape index (κ3) is 6.19. The van der Waals surface area contributed by atoms with Crippen molar-refractivity contribution in [1.82, 2.24) is 9.80 Å². The van der Waals surface area contributed by atoms with E-state index in [4.69, 9.17) is 21.1 Å². The number of benzene rings is 3. The number of hydrogen-bond acceptors (Lipinski definition) is 4. The Hall–Kier alpha value is -3.07. The molecule has 1 aliphatic rings. The fourth-order valence-corrected chi connectivity index (χ4v) is 4.26. The number of carbonyl (C=O) groups is 1. The van der Waals surface area contributed by atoms with Gasteiger partial charge in [-0.25, -0.2) is 13.2 Å². The van der Waals surface area contributed by atoms with Crippen molar-refractivity contribution < 1.29 is 27.4 Å². The molecule has 1 heterocycles. The molecule has 5 nitrogen and oxygen atoms in total. The van der Waals surface area contributed by atoms with E-state index in [1.165, 1.54) is 37.4 Å². The number of halogens is 4. The summed E-state index contributed by atoms with van der Waals surface area (Å²) >= 11 is 6.03. The number of hydrogen-bond donors (Lipinski definition) is 0. The molecule has 1 saturated heterocycles. The number of amides is 1. The average molecular weight is 519 g/mol. The Morgan fingerprint density at radius 3 is 2.22 bits per heavy atom. The van der Waals surface area contributed by atoms with Crippen molar-refractivity contribution in [2.75, 3.05) is 39.8 Å². The van der Waals surface area contributed by atoms with Crippen LogP contribution in [0.1, 0.15) is 27.6 Å². The van der Waals surface area contributed by atoms with Crippen molar-refractivity contribution in [2.24, 2.45) is 0 Å². The van der Waals surface area contributed by atoms with E-state index in [1.807, 2.05) is 12.1 Å². The first-order chi connectivity index (χ1) is 17.4. The van der Waals surface area contributed by atoms with Gasteiger partial charge in [0.05, 0.1) is 19.8 Å². The molecule has 0 N–H and O–H groups in total. The van der Waals surface area contributed by atoms with E-state index in [-0.39, 0.29) is 29.4 Å². The van der Waals surface area contributed by atoms with Crippen LogP contribution in [0.3, 0.4) is 0 Å². The second kappa shape index (κ2) is 11.8. The molecule has 0 bridgehead atoms. The first-order valence-electron chi connectivity index (χ1n) is 11.5. The Balaban J connectivity index is 1.41. The van der Waals surface area contributed by atoms with Crippen LogP contribution in [0.5, 0.6) is 5.75 Å². The number of carbonyl (C=O) groups excluding carboxylic acids is 1. The molecular weight excluding hydrogens is 493 g/mol. The first-order valence-corrected chi connectivity index (χ1v) is 11.9. The average Bonchev–Trinajstić information content (AvgIpc) is 2.88. The van der Waals surface area contributed by atoms with Crippen molar-refractivity contribution in [2.45, 2.75) is 12.7 Å². The highest BCUT2D eigenvalue weighted by molar-refractivity contribution is 6.30. The van der Waals surface area contributed by atoms with E-state index in [0.29, 0.717) is 37.7 Å². The molecule has 36 heavy (non-hydrogen) atoms. The van der Waals surface area contributed by atoms with E-state index in [0.717, 1.165) is 5.56 Å². The predicted molar refractivity (Wildman–Crippen MR) is 131 cm³/mol. The summed E-state index contributed by atoms with van der Waals surface area (Å²) in [5.41, 5.74) is 0.956. The Bertz CT molecular complexity index is 1180. The van der Waals surface area contributed by atoms with Gasteiger partial charge in [0.2, 0.25) is 0 Å². The minimum atomic E-state index is -0.660. The Morgan fingerprint density at radius 1 is 0.944 bits per heavy atom. The maximum absolute atomic E-state index is 14.1. The lowest BCUT2D eigenvalue weighted by Crippen LogP contribution is -2.49. The highest BCUT2D eigenvalue weighted by Crippen LogP contribution is 2.25. The van der Waals surface area contributed by atoms with Gasteiger partial charge in [0.15, 0.2) is 11.6 Å². The molecule has 0 spiro atoms. The van der Waals surface area contributed by atoms with Gasteiger partial charge in [-0.3, -0.25) is 9.69 Å². The predicted octanol–water partition coefficient (Wildman–Crippen LogP) is 5.48. The number of methoxy groups -OCH3 is 1. The van der Waals surface area contributed by atoms with Gasteiger partial charge in [0.25, 0.3) is 5.91 Å². The van der Waals surface area contributed by atoms with Crippen LogP contribution < -0.4 is 4.74 Å². The van der Waals surface area contributed by atoms with Crippen LogP contribution in [0.15, 0.2) is 60.7 Å². The fourth-order valence-electron chi connectivity index (χ4n) is 4.14. The SMILES string of the molecule is COc1ccc(C(=O)N2CCN(CC(OCc3c(F)cccc3F)c3ccc(Cl)cc3)CC2)cc1F. The Labute approximate surface area is 213 Å². The van der Waals surface area contributed by atoms with Gasteiger partial charge in [-0.05, 0) is 48.0 Å². The highest BCUT2D eigenvalue weighted by Gasteiger charge is 2.26. The van der Waals surface area contributed by atoms with E-state index in [1.54, 1.807) is 23.1 Å². The van der Waals surface area contributed by atoms with Gasteiger partial charge in [-0.15, -0.1) is 0 Å². The number of rotatable bonds is 8. The molecule has 190 valence electrons. The standard InChI is InChI=1S/C27H26ClF3N2O3/c1-35-25-10-7-19(15-24(25)31)27(34)33-13-11-32(12-14-33)16-26(18-5-8-20(28)9-6-18)36-17-21-22(29)3-2-4-23(21)30/h2-10,15,26H,11-14,16-17H2,1H3. The number of piperazine rings is 1. The van der Waals surface area contributed by atoms with Crippen molar-refractivity contribution in [1.29, 1.82) is 0 Å². The molecule has 1 aliphatic heterocycles. The van der Waals surface area contributed by atoms with Gasteiger partial charge in [0.1, 0.15) is 11.6 Å². The summed E-state index contributed by atoms with van der Waals surface area (Å²) in [6, 6.07) is 15.0. The molecule has 1 unspecified atom stereocenters. The molecule has 4 rings (SSSR count). The zero-order chi connectivity index (χ0) is 25.7. The third-order valence-electron chi connectivity index (χ3n) is 6.21. The smallest absolute Gasteiger partial charge is 0.254 e. The lowest BCUT2D eigenvalue weighted by atomic mass is 10.1. The minimum Gasteiger partial charge on any atom is -0.494 e. The molecule has 0 saturated carbocycles. The van der Waals surface area contributed by atoms with Crippen LogP contribution in [0.25, 0.3) is 0 Å². The second-order valence-corrected chi connectivity index (χ2v) is 8.93. The van der Waals surface area contributed by atoms with E-state index >= 15 is 0 Å².